The quantitative estimate of drug-likeness (QED) is 0.0749. The van der Waals surface area contributed by atoms with Crippen LogP contribution in [-0.4, -0.2) is 106 Å². The molecule has 4 aliphatic rings. The molecule has 17 nitrogen and oxygen atoms in total. The smallest absolute Gasteiger partial charge is 0.294 e. The van der Waals surface area contributed by atoms with Crippen LogP contribution in [0.5, 0.6) is 0 Å². The molecule has 3 aliphatic heterocycles. The van der Waals surface area contributed by atoms with Crippen LogP contribution in [0, 0.1) is 0 Å². The number of carbonyl (C=O) groups is 3. The van der Waals surface area contributed by atoms with E-state index < -0.39 is 53.3 Å². The van der Waals surface area contributed by atoms with E-state index in [1.54, 1.807) is 18.2 Å². The van der Waals surface area contributed by atoms with Crippen LogP contribution in [0.25, 0.3) is 17.4 Å². The number of anilines is 1. The first-order valence-corrected chi connectivity index (χ1v) is 25.1. The zero-order valence-electron chi connectivity index (χ0n) is 35.9. The number of fused-ring (bicyclic) bond motifs is 2. The molecule has 0 fully saturated rings. The van der Waals surface area contributed by atoms with Crippen LogP contribution < -0.4 is 20.1 Å². The maximum absolute atomic E-state index is 13.0. The Bertz CT molecular complexity index is 2710. The molecule has 0 spiro atoms. The van der Waals surface area contributed by atoms with E-state index >= 15 is 0 Å². The summed E-state index contributed by atoms with van der Waals surface area (Å²) in [4.78, 5) is 39.2. The largest absolute Gasteiger partial charge is 0.456 e. The van der Waals surface area contributed by atoms with Crippen LogP contribution in [0.2, 0.25) is 0 Å². The third-order valence-electron chi connectivity index (χ3n) is 11.1. The molecule has 1 aromatic rings. The molecule has 1 atom stereocenters. The van der Waals surface area contributed by atoms with E-state index in [9.17, 15) is 53.3 Å². The van der Waals surface area contributed by atoms with Crippen molar-refractivity contribution in [2.24, 2.45) is 0 Å². The van der Waals surface area contributed by atoms with E-state index in [-0.39, 0.29) is 73.7 Å². The summed E-state index contributed by atoms with van der Waals surface area (Å²) in [5.74, 6) is -1.15. The summed E-state index contributed by atoms with van der Waals surface area (Å²) >= 11 is 0. The van der Waals surface area contributed by atoms with Crippen molar-refractivity contribution >= 4 is 59.8 Å². The van der Waals surface area contributed by atoms with Gasteiger partial charge in [-0.3, -0.25) is 32.9 Å². The highest BCUT2D eigenvalue weighted by Crippen LogP contribution is 2.51. The second kappa shape index (κ2) is 19.4. The molecule has 4 N–H and O–H groups in total. The number of nitrogens with zero attached hydrogens (tertiary/aromatic N) is 3. The first kappa shape index (κ1) is 49.0. The van der Waals surface area contributed by atoms with Crippen molar-refractivity contribution in [3.63, 3.8) is 0 Å². The molecule has 1 unspecified atom stereocenters. The Hall–Kier alpha value is -4.99. The van der Waals surface area contributed by atoms with Gasteiger partial charge in [0.05, 0.1) is 22.5 Å². The zero-order valence-corrected chi connectivity index (χ0v) is 38.4. The molecule has 0 saturated heterocycles. The summed E-state index contributed by atoms with van der Waals surface area (Å²) in [6.07, 6.45) is 8.40. The van der Waals surface area contributed by atoms with Crippen LogP contribution in [0.3, 0.4) is 0 Å². The van der Waals surface area contributed by atoms with Gasteiger partial charge in [-0.2, -0.15) is 25.3 Å². The molecular formula is C43H55N4O13S3+. The average molecular weight is 932 g/mol. The standard InChI is InChI=1S/C43H54N4O13S3/c1-6-45(22-9-25-61(51,52)53)30-14-16-33-34(42(2,3)4)28-31(60-37(33)27-30)11-7-12-38-43(5,20-8-13-39(48)44-21-24-47-40(49)18-19-41(47)50)35-29-32(63(57,58)59)15-17-36(35)46(38)23-10-26-62(54,55)56/h7,11-12,14-19,27-29H,6,8-10,13,20-26H2,1-5H3,(H3-,44,48,51,52,53,54,55,56,57,58,59)/p+1. The van der Waals surface area contributed by atoms with Crippen molar-refractivity contribution < 1.29 is 57.7 Å². The minimum Gasteiger partial charge on any atom is -0.456 e. The number of hydrogen-bond acceptors (Lipinski definition) is 11. The van der Waals surface area contributed by atoms with Gasteiger partial charge in [-0.25, -0.2) is 4.58 Å². The van der Waals surface area contributed by atoms with Crippen molar-refractivity contribution in [2.75, 3.05) is 49.1 Å². The second-order valence-corrected chi connectivity index (χ2v) is 21.3. The summed E-state index contributed by atoms with van der Waals surface area (Å²) in [7, 11) is -13.1. The lowest BCUT2D eigenvalue weighted by Crippen LogP contribution is -2.38. The fraction of sp³-hybridized carbons (Fsp3) is 0.442. The summed E-state index contributed by atoms with van der Waals surface area (Å²) in [5.41, 5.74) is 2.15. The Morgan fingerprint density at radius 2 is 1.54 bits per heavy atom. The Morgan fingerprint density at radius 3 is 2.16 bits per heavy atom. The number of carbonyl (C=O) groups excluding carboxylic acids is 3. The SMILES string of the molecule is CC[N+](CCCS(=O)(=O)O)=c1ccc2c(C(C)(C)C)cc(/C=C/C=C3\N(CCCS(=O)(=O)O)c4ccc(S(=O)(=O)O)cc4C3(C)CCCC(=O)NCCN3C(=O)C=CC3=O)oc-2c1. The molecule has 1 aliphatic carbocycles. The van der Waals surface area contributed by atoms with Crippen molar-refractivity contribution in [1.29, 1.82) is 0 Å². The lowest BCUT2D eigenvalue weighted by Gasteiger charge is -2.30. The Morgan fingerprint density at radius 1 is 0.873 bits per heavy atom. The monoisotopic (exact) mass is 931 g/mol. The number of hydrogen-bond donors (Lipinski definition) is 4. The summed E-state index contributed by atoms with van der Waals surface area (Å²) in [6.45, 7) is 11.1. The third-order valence-corrected chi connectivity index (χ3v) is 13.6. The highest BCUT2D eigenvalue weighted by Gasteiger charge is 2.43. The summed E-state index contributed by atoms with van der Waals surface area (Å²) < 4.78 is 108. The molecule has 1 aromatic carbocycles. The highest BCUT2D eigenvalue weighted by atomic mass is 32.2. The van der Waals surface area contributed by atoms with Gasteiger partial charge in [-0.1, -0.05) is 26.8 Å². The molecule has 63 heavy (non-hydrogen) atoms. The van der Waals surface area contributed by atoms with Crippen LogP contribution in [0.1, 0.15) is 83.6 Å². The van der Waals surface area contributed by atoms with Gasteiger partial charge >= 0.3 is 0 Å². The Kier molecular flexibility index (Phi) is 15.1. The van der Waals surface area contributed by atoms with E-state index in [0.717, 1.165) is 33.5 Å². The van der Waals surface area contributed by atoms with Crippen molar-refractivity contribution in [2.45, 2.75) is 82.4 Å². The average Bonchev–Trinajstić information content (AvgIpc) is 3.61. The molecule has 0 bridgehead atoms. The summed E-state index contributed by atoms with van der Waals surface area (Å²) in [6, 6.07) is 11.8. The second-order valence-electron chi connectivity index (χ2n) is 16.8. The number of allylic oxidation sites excluding steroid dienone is 3. The predicted octanol–water partition coefficient (Wildman–Crippen LogP) is 4.16. The number of imide groups is 1. The van der Waals surface area contributed by atoms with Gasteiger partial charge in [0, 0.05) is 73.1 Å². The molecule has 3 amide bonds. The molecule has 0 radical (unpaired) electrons. The van der Waals surface area contributed by atoms with Gasteiger partial charge < -0.3 is 14.6 Å². The van der Waals surface area contributed by atoms with Crippen molar-refractivity contribution in [3.8, 4) is 11.3 Å². The van der Waals surface area contributed by atoms with Gasteiger partial charge in [0.15, 0.2) is 0 Å². The van der Waals surface area contributed by atoms with Gasteiger partial charge in [-0.15, -0.1) is 0 Å². The number of benzene rings is 2. The van der Waals surface area contributed by atoms with Gasteiger partial charge in [0.1, 0.15) is 24.6 Å². The molecule has 0 saturated carbocycles. The van der Waals surface area contributed by atoms with Gasteiger partial charge in [0.25, 0.3) is 42.2 Å². The van der Waals surface area contributed by atoms with E-state index in [2.05, 4.69) is 26.1 Å². The normalized spacial score (nSPS) is 18.3. The van der Waals surface area contributed by atoms with E-state index in [0.29, 0.717) is 41.6 Å². The van der Waals surface area contributed by atoms with E-state index in [1.807, 2.05) is 47.6 Å². The topological polar surface area (TPSA) is 249 Å². The van der Waals surface area contributed by atoms with Gasteiger partial charge in [0.2, 0.25) is 11.3 Å². The molecule has 5 rings (SSSR count). The fourth-order valence-corrected chi connectivity index (χ4v) is 9.48. The molecular weight excluding hydrogens is 877 g/mol. The third kappa shape index (κ3) is 12.6. The van der Waals surface area contributed by atoms with Crippen LogP contribution >= 0.6 is 0 Å². The zero-order chi connectivity index (χ0) is 46.5. The first-order valence-electron chi connectivity index (χ1n) is 20.5. The minimum atomic E-state index is -4.65. The fourth-order valence-electron chi connectivity index (χ4n) is 7.99. The maximum Gasteiger partial charge on any atom is 0.294 e. The number of nitrogens with one attached hydrogen (secondary N) is 1. The highest BCUT2D eigenvalue weighted by molar-refractivity contribution is 7.86. The number of rotatable bonds is 19. The molecule has 3 heterocycles. The van der Waals surface area contributed by atoms with Crippen LogP contribution in [0.15, 0.2) is 81.8 Å². The van der Waals surface area contributed by atoms with Crippen molar-refractivity contribution in [3.05, 3.63) is 94.7 Å². The van der Waals surface area contributed by atoms with Gasteiger partial charge in [-0.05, 0) is 92.1 Å². The Labute approximate surface area is 368 Å². The molecule has 342 valence electrons. The van der Waals surface area contributed by atoms with Crippen LogP contribution in [-0.2, 0) is 55.6 Å². The maximum atomic E-state index is 13.0. The lowest BCUT2D eigenvalue weighted by atomic mass is 9.77. The van der Waals surface area contributed by atoms with Crippen LogP contribution in [0.4, 0.5) is 5.69 Å². The predicted molar refractivity (Wildman–Crippen MR) is 238 cm³/mol. The molecule has 0 aromatic heterocycles. The Balaban J connectivity index is 1.54. The molecule has 20 heteroatoms. The van der Waals surface area contributed by atoms with Crippen molar-refractivity contribution in [1.82, 2.24) is 14.8 Å². The van der Waals surface area contributed by atoms with E-state index in [4.69, 9.17) is 4.42 Å². The number of amides is 3. The van der Waals surface area contributed by atoms with E-state index in [1.165, 1.54) is 18.2 Å². The first-order chi connectivity index (χ1) is 29.3. The summed E-state index contributed by atoms with van der Waals surface area (Å²) in [5, 5.41) is 3.51. The minimum absolute atomic E-state index is 0.00270. The lowest BCUT2D eigenvalue weighted by molar-refractivity contribution is -0.137.